The van der Waals surface area contributed by atoms with Crippen molar-refractivity contribution in [3.63, 3.8) is 0 Å². The van der Waals surface area contributed by atoms with Crippen molar-refractivity contribution in [3.8, 4) is 0 Å². The first-order valence-electron chi connectivity index (χ1n) is 11.6. The molecule has 0 saturated carbocycles. The lowest BCUT2D eigenvalue weighted by molar-refractivity contribution is -0.121. The Hall–Kier alpha value is -2.71. The van der Waals surface area contributed by atoms with Crippen molar-refractivity contribution in [1.29, 1.82) is 0 Å². The van der Waals surface area contributed by atoms with Crippen molar-refractivity contribution in [2.45, 2.75) is 56.8 Å². The molecule has 0 radical (unpaired) electrons. The fourth-order valence-corrected chi connectivity index (χ4v) is 6.04. The second kappa shape index (κ2) is 10.1. The minimum atomic E-state index is -3.58. The van der Waals surface area contributed by atoms with Gasteiger partial charge in [-0.05, 0) is 68.5 Å². The topological polar surface area (TPSA) is 86.8 Å². The number of nitrogens with one attached hydrogen (secondary N) is 1. The van der Waals surface area contributed by atoms with Crippen molar-refractivity contribution in [2.75, 3.05) is 29.9 Å². The average molecular weight is 470 g/mol. The zero-order chi connectivity index (χ0) is 23.4. The number of nitrogens with zero attached hydrogens (tertiary/aromatic N) is 2. The van der Waals surface area contributed by atoms with Crippen molar-refractivity contribution in [2.24, 2.45) is 0 Å². The summed E-state index contributed by atoms with van der Waals surface area (Å²) in [7, 11) is -3.58. The highest BCUT2D eigenvalue weighted by Gasteiger charge is 2.29. The Morgan fingerprint density at radius 2 is 1.64 bits per heavy atom. The average Bonchev–Trinajstić information content (AvgIpc) is 3.16. The number of carbonyl (C=O) groups excluding carboxylic acids is 2. The molecule has 2 aliphatic rings. The zero-order valence-electron chi connectivity index (χ0n) is 19.0. The number of amides is 2. The Morgan fingerprint density at radius 1 is 0.939 bits per heavy atom. The minimum Gasteiger partial charge on any atom is -0.325 e. The molecule has 2 amide bonds. The fourth-order valence-electron chi connectivity index (χ4n) is 4.47. The number of rotatable bonds is 5. The Bertz CT molecular complexity index is 1120. The lowest BCUT2D eigenvalue weighted by Gasteiger charge is -2.24. The molecule has 1 saturated heterocycles. The van der Waals surface area contributed by atoms with Gasteiger partial charge in [-0.1, -0.05) is 30.5 Å². The highest BCUT2D eigenvalue weighted by molar-refractivity contribution is 7.89. The van der Waals surface area contributed by atoms with Crippen LogP contribution in [0.15, 0.2) is 47.4 Å². The van der Waals surface area contributed by atoms with E-state index < -0.39 is 10.0 Å². The summed E-state index contributed by atoms with van der Waals surface area (Å²) in [5, 5.41) is 2.84. The van der Waals surface area contributed by atoms with Gasteiger partial charge in [-0.2, -0.15) is 4.31 Å². The quantitative estimate of drug-likeness (QED) is 0.720. The van der Waals surface area contributed by atoms with Gasteiger partial charge >= 0.3 is 0 Å². The summed E-state index contributed by atoms with van der Waals surface area (Å²) in [6, 6.07) is 12.4. The van der Waals surface area contributed by atoms with Gasteiger partial charge < -0.3 is 10.2 Å². The van der Waals surface area contributed by atoms with E-state index in [0.717, 1.165) is 36.8 Å². The first kappa shape index (κ1) is 23.4. The summed E-state index contributed by atoms with van der Waals surface area (Å²) in [4.78, 5) is 27.2. The predicted molar refractivity (Wildman–Crippen MR) is 129 cm³/mol. The maximum Gasteiger partial charge on any atom is 0.244 e. The van der Waals surface area contributed by atoms with E-state index in [9.17, 15) is 18.0 Å². The molecule has 0 aromatic heterocycles. The van der Waals surface area contributed by atoms with Gasteiger partial charge in [-0.25, -0.2) is 8.42 Å². The number of anilines is 2. The summed E-state index contributed by atoms with van der Waals surface area (Å²) in [5.41, 5.74) is 3.17. The summed E-state index contributed by atoms with van der Waals surface area (Å²) in [6.45, 7) is 2.95. The van der Waals surface area contributed by atoms with Crippen LogP contribution in [0.5, 0.6) is 0 Å². The van der Waals surface area contributed by atoms with E-state index in [2.05, 4.69) is 5.32 Å². The normalized spacial score (nSPS) is 17.7. The largest absolute Gasteiger partial charge is 0.325 e. The molecule has 1 fully saturated rings. The van der Waals surface area contributed by atoms with Crippen LogP contribution in [-0.4, -0.2) is 44.2 Å². The maximum atomic E-state index is 13.2. The maximum absolute atomic E-state index is 13.2. The van der Waals surface area contributed by atoms with E-state index in [-0.39, 0.29) is 23.3 Å². The van der Waals surface area contributed by atoms with Crippen molar-refractivity contribution >= 4 is 33.2 Å². The molecular weight excluding hydrogens is 438 g/mol. The summed E-state index contributed by atoms with van der Waals surface area (Å²) < 4.78 is 28.1. The third kappa shape index (κ3) is 5.45. The summed E-state index contributed by atoms with van der Waals surface area (Å²) in [6.07, 6.45) is 5.40. The van der Waals surface area contributed by atoms with E-state index >= 15 is 0 Å². The van der Waals surface area contributed by atoms with Gasteiger partial charge in [0.25, 0.3) is 0 Å². The predicted octanol–water partition coefficient (Wildman–Crippen LogP) is 3.87. The fraction of sp³-hybridized carbons (Fsp3) is 0.440. The number of carbonyl (C=O) groups is 2. The Balaban J connectivity index is 1.56. The molecule has 2 aliphatic heterocycles. The van der Waals surface area contributed by atoms with Crippen molar-refractivity contribution in [3.05, 3.63) is 53.6 Å². The van der Waals surface area contributed by atoms with Gasteiger partial charge in [0.2, 0.25) is 21.8 Å². The van der Waals surface area contributed by atoms with Crippen LogP contribution in [0, 0.1) is 6.92 Å². The van der Waals surface area contributed by atoms with Crippen LogP contribution in [0.1, 0.15) is 49.7 Å². The van der Waals surface area contributed by atoms with Crippen LogP contribution >= 0.6 is 0 Å². The van der Waals surface area contributed by atoms with Crippen LogP contribution in [0.25, 0.3) is 0 Å². The standard InChI is InChI=1S/C25H31N3O4S/c1-19-9-11-21(12-10-19)26-24(29)18-28-23-14-13-22(17-20(23)7-6-8-25(28)30)33(31,32)27-15-4-2-3-5-16-27/h9-14,17H,2-8,15-16,18H2,1H3,(H,26,29). The Morgan fingerprint density at radius 3 is 2.33 bits per heavy atom. The van der Waals surface area contributed by atoms with E-state index in [1.165, 1.54) is 4.90 Å². The molecule has 1 N–H and O–H groups in total. The molecule has 4 rings (SSSR count). The van der Waals surface area contributed by atoms with E-state index in [1.807, 2.05) is 31.2 Å². The van der Waals surface area contributed by atoms with Crippen LogP contribution in [0.4, 0.5) is 11.4 Å². The highest BCUT2D eigenvalue weighted by atomic mass is 32.2. The van der Waals surface area contributed by atoms with Gasteiger partial charge in [-0.15, -0.1) is 0 Å². The summed E-state index contributed by atoms with van der Waals surface area (Å²) in [5.74, 6) is -0.419. The van der Waals surface area contributed by atoms with Crippen LogP contribution in [-0.2, 0) is 26.0 Å². The molecule has 0 unspecified atom stereocenters. The monoisotopic (exact) mass is 469 g/mol. The van der Waals surface area contributed by atoms with Crippen LogP contribution in [0.3, 0.4) is 0 Å². The lowest BCUT2D eigenvalue weighted by Crippen LogP contribution is -2.38. The molecule has 2 aromatic carbocycles. The van der Waals surface area contributed by atoms with E-state index in [0.29, 0.717) is 43.7 Å². The number of hydrogen-bond donors (Lipinski definition) is 1. The Labute approximate surface area is 195 Å². The second-order valence-corrected chi connectivity index (χ2v) is 10.8. The van der Waals surface area contributed by atoms with E-state index in [1.54, 1.807) is 22.5 Å². The second-order valence-electron chi connectivity index (χ2n) is 8.86. The number of benzene rings is 2. The van der Waals surface area contributed by atoms with Crippen LogP contribution in [0.2, 0.25) is 0 Å². The van der Waals surface area contributed by atoms with Crippen LogP contribution < -0.4 is 10.2 Å². The molecule has 2 aromatic rings. The molecule has 7 nitrogen and oxygen atoms in total. The SMILES string of the molecule is Cc1ccc(NC(=O)CN2C(=O)CCCc3cc(S(=O)(=O)N4CCCCCC4)ccc32)cc1. The van der Waals surface area contributed by atoms with Crippen molar-refractivity contribution in [1.82, 2.24) is 4.31 Å². The van der Waals surface area contributed by atoms with Gasteiger partial charge in [0.15, 0.2) is 0 Å². The molecule has 0 atom stereocenters. The highest BCUT2D eigenvalue weighted by Crippen LogP contribution is 2.31. The Kier molecular flexibility index (Phi) is 7.14. The number of sulfonamides is 1. The molecule has 2 heterocycles. The smallest absolute Gasteiger partial charge is 0.244 e. The van der Waals surface area contributed by atoms with Gasteiger partial charge in [-0.3, -0.25) is 9.59 Å². The molecule has 8 heteroatoms. The third-order valence-corrected chi connectivity index (χ3v) is 8.21. The third-order valence-electron chi connectivity index (χ3n) is 6.32. The molecule has 33 heavy (non-hydrogen) atoms. The lowest BCUT2D eigenvalue weighted by atomic mass is 10.1. The number of fused-ring (bicyclic) bond motifs is 1. The van der Waals surface area contributed by atoms with Gasteiger partial charge in [0.05, 0.1) is 4.90 Å². The first-order valence-corrected chi connectivity index (χ1v) is 13.1. The summed E-state index contributed by atoms with van der Waals surface area (Å²) >= 11 is 0. The number of aryl methyl sites for hydroxylation is 2. The van der Waals surface area contributed by atoms with E-state index in [4.69, 9.17) is 0 Å². The zero-order valence-corrected chi connectivity index (χ0v) is 19.9. The molecule has 0 spiro atoms. The van der Waals surface area contributed by atoms with Gasteiger partial charge in [0, 0.05) is 30.9 Å². The van der Waals surface area contributed by atoms with Crippen molar-refractivity contribution < 1.29 is 18.0 Å². The molecule has 0 bridgehead atoms. The number of hydrogen-bond acceptors (Lipinski definition) is 4. The molecule has 0 aliphatic carbocycles. The molecule has 176 valence electrons. The van der Waals surface area contributed by atoms with Gasteiger partial charge in [0.1, 0.15) is 6.54 Å². The first-order chi connectivity index (χ1) is 15.8. The molecular formula is C25H31N3O4S. The minimum absolute atomic E-state index is 0.113.